The predicted molar refractivity (Wildman–Crippen MR) is 102 cm³/mol. The monoisotopic (exact) mass is 354 g/mol. The molecule has 0 spiro atoms. The number of nitrogens with zero attached hydrogens (tertiary/aromatic N) is 1. The van der Waals surface area contributed by atoms with E-state index in [4.69, 9.17) is 4.74 Å². The second-order valence-corrected chi connectivity index (χ2v) is 5.80. The van der Waals surface area contributed by atoms with Crippen LogP contribution in [0, 0.1) is 0 Å². The smallest absolute Gasteiger partial charge is 0.323 e. The van der Waals surface area contributed by atoms with Crippen LogP contribution in [0.5, 0.6) is 5.75 Å². The Morgan fingerprint density at radius 2 is 1.81 bits per heavy atom. The second kappa shape index (κ2) is 8.24. The molecule has 0 atom stereocenters. The van der Waals surface area contributed by atoms with Gasteiger partial charge in [-0.05, 0) is 31.2 Å². The number of hydrogen-bond acceptors (Lipinski definition) is 4. The zero-order valence-electron chi connectivity index (χ0n) is 14.6. The van der Waals surface area contributed by atoms with Crippen molar-refractivity contribution >= 4 is 29.0 Å². The number of benzene rings is 2. The van der Waals surface area contributed by atoms with E-state index in [1.54, 1.807) is 12.1 Å². The highest BCUT2D eigenvalue weighted by molar-refractivity contribution is 6.02. The Hall–Kier alpha value is -3.22. The van der Waals surface area contributed by atoms with Crippen molar-refractivity contribution < 1.29 is 14.3 Å². The first-order valence-electron chi connectivity index (χ1n) is 8.58. The number of hydrogen-bond donors (Lipinski definition) is 3. The van der Waals surface area contributed by atoms with E-state index in [1.807, 2.05) is 48.2 Å². The highest BCUT2D eigenvalue weighted by Gasteiger charge is 2.19. The van der Waals surface area contributed by atoms with Crippen molar-refractivity contribution in [1.29, 1.82) is 0 Å². The van der Waals surface area contributed by atoms with E-state index in [0.29, 0.717) is 36.8 Å². The van der Waals surface area contributed by atoms with Gasteiger partial charge in [0.2, 0.25) is 5.91 Å². The summed E-state index contributed by atoms with van der Waals surface area (Å²) in [4.78, 5) is 26.1. The van der Waals surface area contributed by atoms with Gasteiger partial charge in [-0.15, -0.1) is 0 Å². The van der Waals surface area contributed by atoms with Gasteiger partial charge in [-0.3, -0.25) is 4.79 Å². The molecule has 0 radical (unpaired) electrons. The minimum absolute atomic E-state index is 0.0267. The number of urea groups is 1. The molecule has 3 amide bonds. The number of ether oxygens (including phenoxy) is 1. The molecular weight excluding hydrogens is 332 g/mol. The maximum absolute atomic E-state index is 12.5. The molecule has 2 aromatic rings. The Labute approximate surface area is 152 Å². The molecular formula is C19H22N4O3. The molecule has 26 heavy (non-hydrogen) atoms. The van der Waals surface area contributed by atoms with Gasteiger partial charge in [0.15, 0.2) is 0 Å². The lowest BCUT2D eigenvalue weighted by molar-refractivity contribution is -0.120. The van der Waals surface area contributed by atoms with Gasteiger partial charge in [-0.25, -0.2) is 4.79 Å². The third kappa shape index (κ3) is 4.24. The van der Waals surface area contributed by atoms with Gasteiger partial charge in [0.05, 0.1) is 30.2 Å². The number of anilines is 3. The number of carbonyl (C=O) groups excluding carboxylic acids is 2. The summed E-state index contributed by atoms with van der Waals surface area (Å²) in [5.74, 6) is 0.590. The van der Waals surface area contributed by atoms with E-state index in [1.165, 1.54) is 0 Å². The van der Waals surface area contributed by atoms with E-state index in [0.717, 1.165) is 5.69 Å². The first-order valence-corrected chi connectivity index (χ1v) is 8.58. The molecule has 3 N–H and O–H groups in total. The van der Waals surface area contributed by atoms with Crippen LogP contribution in [0.25, 0.3) is 0 Å². The van der Waals surface area contributed by atoms with Crippen LogP contribution in [-0.4, -0.2) is 38.2 Å². The number of amides is 3. The van der Waals surface area contributed by atoms with Crippen LogP contribution in [0.15, 0.2) is 48.5 Å². The number of rotatable bonds is 5. The van der Waals surface area contributed by atoms with Crippen molar-refractivity contribution in [2.45, 2.75) is 6.92 Å². The molecule has 1 aliphatic rings. The summed E-state index contributed by atoms with van der Waals surface area (Å²) >= 11 is 0. The average molecular weight is 354 g/mol. The van der Waals surface area contributed by atoms with E-state index in [-0.39, 0.29) is 18.5 Å². The molecule has 0 bridgehead atoms. The molecule has 136 valence electrons. The van der Waals surface area contributed by atoms with E-state index in [2.05, 4.69) is 16.0 Å². The van der Waals surface area contributed by atoms with Crippen LogP contribution in [0.2, 0.25) is 0 Å². The summed E-state index contributed by atoms with van der Waals surface area (Å²) in [5, 5.41) is 8.47. The molecule has 2 aromatic carbocycles. The summed E-state index contributed by atoms with van der Waals surface area (Å²) in [6.07, 6.45) is 0. The van der Waals surface area contributed by atoms with Crippen LogP contribution < -0.4 is 25.6 Å². The normalized spacial score (nSPS) is 13.7. The van der Waals surface area contributed by atoms with Crippen LogP contribution >= 0.6 is 0 Å². The molecule has 0 aromatic heterocycles. The van der Waals surface area contributed by atoms with Crippen molar-refractivity contribution in [2.75, 3.05) is 41.8 Å². The van der Waals surface area contributed by atoms with Crippen LogP contribution in [0.3, 0.4) is 0 Å². The molecule has 1 saturated heterocycles. The summed E-state index contributed by atoms with van der Waals surface area (Å²) in [6.45, 7) is 3.95. The van der Waals surface area contributed by atoms with Gasteiger partial charge in [-0.2, -0.15) is 0 Å². The maximum Gasteiger partial charge on any atom is 0.323 e. The molecule has 1 heterocycles. The van der Waals surface area contributed by atoms with E-state index < -0.39 is 0 Å². The van der Waals surface area contributed by atoms with E-state index in [9.17, 15) is 9.59 Å². The Kier molecular flexibility index (Phi) is 5.58. The zero-order valence-corrected chi connectivity index (χ0v) is 14.6. The largest absolute Gasteiger partial charge is 0.492 e. The lowest BCUT2D eigenvalue weighted by Crippen LogP contribution is -2.48. The van der Waals surface area contributed by atoms with Crippen molar-refractivity contribution in [3.05, 3.63) is 48.5 Å². The van der Waals surface area contributed by atoms with Gasteiger partial charge in [-0.1, -0.05) is 24.3 Å². The topological polar surface area (TPSA) is 82.7 Å². The maximum atomic E-state index is 12.5. The Balaban J connectivity index is 1.73. The first-order chi connectivity index (χ1) is 12.7. The highest BCUT2D eigenvalue weighted by Crippen LogP contribution is 2.27. The van der Waals surface area contributed by atoms with Crippen molar-refractivity contribution in [3.63, 3.8) is 0 Å². The summed E-state index contributed by atoms with van der Waals surface area (Å²) in [5.41, 5.74) is 2.06. The lowest BCUT2D eigenvalue weighted by Gasteiger charge is -2.30. The number of para-hydroxylation sites is 4. The van der Waals surface area contributed by atoms with Gasteiger partial charge < -0.3 is 25.6 Å². The van der Waals surface area contributed by atoms with Crippen molar-refractivity contribution in [3.8, 4) is 5.75 Å². The second-order valence-electron chi connectivity index (χ2n) is 5.80. The zero-order chi connectivity index (χ0) is 18.4. The van der Waals surface area contributed by atoms with Crippen LogP contribution in [0.1, 0.15) is 6.92 Å². The number of carbonyl (C=O) groups is 2. The Morgan fingerprint density at radius 3 is 2.58 bits per heavy atom. The fourth-order valence-corrected chi connectivity index (χ4v) is 2.83. The van der Waals surface area contributed by atoms with Gasteiger partial charge in [0.1, 0.15) is 5.75 Å². The molecule has 3 rings (SSSR count). The Bertz CT molecular complexity index is 794. The summed E-state index contributed by atoms with van der Waals surface area (Å²) in [7, 11) is 0. The number of piperazine rings is 1. The quantitative estimate of drug-likeness (QED) is 0.771. The van der Waals surface area contributed by atoms with E-state index >= 15 is 0 Å². The average Bonchev–Trinajstić information content (AvgIpc) is 2.64. The lowest BCUT2D eigenvalue weighted by atomic mass is 10.2. The third-order valence-corrected chi connectivity index (χ3v) is 3.97. The fourth-order valence-electron chi connectivity index (χ4n) is 2.83. The first kappa shape index (κ1) is 17.6. The standard InChI is InChI=1S/C19H22N4O3/c1-2-26-17-10-6-4-8-15(17)22-19(25)21-14-7-3-5-9-16(14)23-12-11-20-18(24)13-23/h3-10H,2,11-13H2,1H3,(H,20,24)(H2,21,22,25). The molecule has 7 heteroatoms. The highest BCUT2D eigenvalue weighted by atomic mass is 16.5. The van der Waals surface area contributed by atoms with Gasteiger partial charge in [0, 0.05) is 13.1 Å². The molecule has 1 aliphatic heterocycles. The molecule has 7 nitrogen and oxygen atoms in total. The summed E-state index contributed by atoms with van der Waals surface area (Å²) in [6, 6.07) is 14.3. The molecule has 1 fully saturated rings. The van der Waals surface area contributed by atoms with Gasteiger partial charge in [0.25, 0.3) is 0 Å². The van der Waals surface area contributed by atoms with Crippen molar-refractivity contribution in [2.24, 2.45) is 0 Å². The number of nitrogens with one attached hydrogen (secondary N) is 3. The van der Waals surface area contributed by atoms with Crippen LogP contribution in [-0.2, 0) is 4.79 Å². The molecule has 0 saturated carbocycles. The Morgan fingerprint density at radius 1 is 1.12 bits per heavy atom. The van der Waals surface area contributed by atoms with Gasteiger partial charge >= 0.3 is 6.03 Å². The van der Waals surface area contributed by atoms with Crippen molar-refractivity contribution in [1.82, 2.24) is 5.32 Å². The molecule has 0 unspecified atom stereocenters. The third-order valence-electron chi connectivity index (χ3n) is 3.97. The van der Waals surface area contributed by atoms with Crippen LogP contribution in [0.4, 0.5) is 21.9 Å². The fraction of sp³-hybridized carbons (Fsp3) is 0.263. The predicted octanol–water partition coefficient (Wildman–Crippen LogP) is 2.67. The minimum atomic E-state index is -0.369. The minimum Gasteiger partial charge on any atom is -0.492 e. The SMILES string of the molecule is CCOc1ccccc1NC(=O)Nc1ccccc1N1CCNC(=O)C1. The molecule has 0 aliphatic carbocycles. The summed E-state index contributed by atoms with van der Waals surface area (Å²) < 4.78 is 5.52.